The molecule has 0 bridgehead atoms. The second-order valence-corrected chi connectivity index (χ2v) is 9.21. The predicted molar refractivity (Wildman–Crippen MR) is 141 cm³/mol. The molecule has 3 heterocycles. The number of ether oxygens (including phenoxy) is 3. The molecule has 1 N–H and O–H groups in total. The lowest BCUT2D eigenvalue weighted by atomic mass is 9.95. The number of carbonyl (C=O) groups is 2. The normalized spacial score (nSPS) is 17.8. The largest absolute Gasteiger partial charge is 0.507 e. The molecule has 196 valence electrons. The molecule has 2 aliphatic rings. The average molecular weight is 524 g/mol. The van der Waals surface area contributed by atoms with Crippen LogP contribution in [0, 0.1) is 0 Å². The number of fused-ring (bicyclic) bond motifs is 1. The molecule has 1 atom stereocenters. The number of ketones is 1. The van der Waals surface area contributed by atoms with Crippen LogP contribution in [0.2, 0.25) is 0 Å². The molecule has 0 saturated carbocycles. The van der Waals surface area contributed by atoms with Crippen molar-refractivity contribution in [3.05, 3.63) is 119 Å². The molecule has 0 unspecified atom stereocenters. The van der Waals surface area contributed by atoms with E-state index in [2.05, 4.69) is 0 Å². The molecule has 8 nitrogen and oxygen atoms in total. The van der Waals surface area contributed by atoms with Crippen LogP contribution in [0.5, 0.6) is 17.2 Å². The predicted octanol–water partition coefficient (Wildman–Crippen LogP) is 5.25. The molecule has 1 fully saturated rings. The van der Waals surface area contributed by atoms with E-state index in [4.69, 9.17) is 18.6 Å². The third kappa shape index (κ3) is 4.84. The van der Waals surface area contributed by atoms with Gasteiger partial charge in [-0.25, -0.2) is 0 Å². The SMILES string of the molecule is O=C1C(=O)N(Cc2ccco2)[C@@H](c2ccc(OCc3ccccc3)cc2)C1=C(O)c1ccc2c(c1)OCCO2. The fraction of sp³-hybridized carbons (Fsp3) is 0.161. The van der Waals surface area contributed by atoms with Gasteiger partial charge in [0.25, 0.3) is 11.7 Å². The van der Waals surface area contributed by atoms with Crippen LogP contribution < -0.4 is 14.2 Å². The van der Waals surface area contributed by atoms with Gasteiger partial charge in [0.05, 0.1) is 24.4 Å². The highest BCUT2D eigenvalue weighted by Gasteiger charge is 2.46. The zero-order valence-electron chi connectivity index (χ0n) is 20.9. The van der Waals surface area contributed by atoms with Crippen molar-refractivity contribution in [1.29, 1.82) is 0 Å². The maximum absolute atomic E-state index is 13.3. The minimum absolute atomic E-state index is 0.0128. The maximum Gasteiger partial charge on any atom is 0.296 e. The van der Waals surface area contributed by atoms with Crippen molar-refractivity contribution in [2.45, 2.75) is 19.2 Å². The molecule has 1 saturated heterocycles. The first-order chi connectivity index (χ1) is 19.1. The van der Waals surface area contributed by atoms with Gasteiger partial charge in [0.15, 0.2) is 11.5 Å². The highest BCUT2D eigenvalue weighted by atomic mass is 16.6. The van der Waals surface area contributed by atoms with Crippen molar-refractivity contribution >= 4 is 17.4 Å². The lowest BCUT2D eigenvalue weighted by Crippen LogP contribution is -2.29. The number of rotatable bonds is 7. The van der Waals surface area contributed by atoms with Crippen LogP contribution in [-0.4, -0.2) is 34.9 Å². The molecule has 0 radical (unpaired) electrons. The van der Waals surface area contributed by atoms with Crippen molar-refractivity contribution in [3.8, 4) is 17.2 Å². The van der Waals surface area contributed by atoms with E-state index in [0.717, 1.165) is 5.56 Å². The molecule has 0 spiro atoms. The highest BCUT2D eigenvalue weighted by molar-refractivity contribution is 6.46. The standard InChI is InChI=1S/C31H25NO7/c33-29(22-10-13-25-26(17-22)38-16-15-37-25)27-28(32(31(35)30(27)34)18-24-7-4-14-36-24)21-8-11-23(12-9-21)39-19-20-5-2-1-3-6-20/h1-14,17,28,33H,15-16,18-19H2/t28-/m0/s1. The van der Waals surface area contributed by atoms with Gasteiger partial charge < -0.3 is 28.6 Å². The molecule has 39 heavy (non-hydrogen) atoms. The van der Waals surface area contributed by atoms with E-state index in [1.165, 1.54) is 11.2 Å². The van der Waals surface area contributed by atoms with Crippen LogP contribution in [0.3, 0.4) is 0 Å². The second-order valence-electron chi connectivity index (χ2n) is 9.21. The first-order valence-electron chi connectivity index (χ1n) is 12.6. The average Bonchev–Trinajstić information content (AvgIpc) is 3.59. The van der Waals surface area contributed by atoms with E-state index in [9.17, 15) is 14.7 Å². The fourth-order valence-electron chi connectivity index (χ4n) is 4.79. The second kappa shape index (κ2) is 10.4. The number of furan rings is 1. The van der Waals surface area contributed by atoms with Gasteiger partial charge in [-0.05, 0) is 53.6 Å². The molecule has 3 aromatic carbocycles. The summed E-state index contributed by atoms with van der Waals surface area (Å²) in [6, 6.07) is 24.5. The molecule has 0 aliphatic carbocycles. The number of carbonyl (C=O) groups excluding carboxylic acids is 2. The Morgan fingerprint density at radius 1 is 0.897 bits per heavy atom. The minimum Gasteiger partial charge on any atom is -0.507 e. The number of amides is 1. The van der Waals surface area contributed by atoms with Crippen LogP contribution in [0.1, 0.15) is 28.5 Å². The number of hydrogen-bond donors (Lipinski definition) is 1. The molecule has 8 heteroatoms. The number of nitrogens with zero attached hydrogens (tertiary/aromatic N) is 1. The van der Waals surface area contributed by atoms with Crippen LogP contribution in [0.15, 0.2) is 101 Å². The Balaban J connectivity index is 1.36. The van der Waals surface area contributed by atoms with Gasteiger partial charge in [-0.3, -0.25) is 9.59 Å². The molecule has 6 rings (SSSR count). The summed E-state index contributed by atoms with van der Waals surface area (Å²) >= 11 is 0. The van der Waals surface area contributed by atoms with Gasteiger partial charge in [-0.15, -0.1) is 0 Å². The van der Waals surface area contributed by atoms with Gasteiger partial charge in [0.1, 0.15) is 37.1 Å². The lowest BCUT2D eigenvalue weighted by molar-refractivity contribution is -0.140. The van der Waals surface area contributed by atoms with Gasteiger partial charge >= 0.3 is 0 Å². The lowest BCUT2D eigenvalue weighted by Gasteiger charge is -2.25. The summed E-state index contributed by atoms with van der Waals surface area (Å²) in [6.45, 7) is 1.28. The molecular weight excluding hydrogens is 498 g/mol. The molecule has 1 amide bonds. The summed E-state index contributed by atoms with van der Waals surface area (Å²) in [7, 11) is 0. The van der Waals surface area contributed by atoms with Crippen molar-refractivity contribution in [2.24, 2.45) is 0 Å². The maximum atomic E-state index is 13.3. The Labute approximate surface area is 224 Å². The fourth-order valence-corrected chi connectivity index (χ4v) is 4.79. The summed E-state index contributed by atoms with van der Waals surface area (Å²) in [6.07, 6.45) is 1.51. The van der Waals surface area contributed by atoms with Gasteiger partial charge in [0, 0.05) is 5.56 Å². The van der Waals surface area contributed by atoms with E-state index >= 15 is 0 Å². The summed E-state index contributed by atoms with van der Waals surface area (Å²) in [4.78, 5) is 28.0. The smallest absolute Gasteiger partial charge is 0.296 e. The number of hydrogen-bond acceptors (Lipinski definition) is 7. The minimum atomic E-state index is -0.841. The Hall–Kier alpha value is -4.98. The van der Waals surface area contributed by atoms with Crippen LogP contribution >= 0.6 is 0 Å². The first-order valence-corrected chi connectivity index (χ1v) is 12.6. The van der Waals surface area contributed by atoms with Gasteiger partial charge in [-0.2, -0.15) is 0 Å². The molecule has 1 aromatic heterocycles. The van der Waals surface area contributed by atoms with E-state index in [1.54, 1.807) is 54.6 Å². The van der Waals surface area contributed by atoms with E-state index in [1.807, 2.05) is 30.3 Å². The number of likely N-dealkylation sites (tertiary alicyclic amines) is 1. The van der Waals surface area contributed by atoms with Crippen LogP contribution in [0.4, 0.5) is 0 Å². The van der Waals surface area contributed by atoms with E-state index in [-0.39, 0.29) is 17.9 Å². The van der Waals surface area contributed by atoms with E-state index in [0.29, 0.717) is 54.0 Å². The van der Waals surface area contributed by atoms with Crippen molar-refractivity contribution in [3.63, 3.8) is 0 Å². The summed E-state index contributed by atoms with van der Waals surface area (Å²) in [5.41, 5.74) is 2.02. The molecule has 4 aromatic rings. The zero-order valence-corrected chi connectivity index (χ0v) is 20.9. The van der Waals surface area contributed by atoms with Crippen molar-refractivity contribution < 1.29 is 33.3 Å². The Morgan fingerprint density at radius 2 is 1.67 bits per heavy atom. The summed E-state index contributed by atoms with van der Waals surface area (Å²) in [5.74, 6) is 0.386. The number of benzene rings is 3. The number of aliphatic hydroxyl groups is 1. The third-order valence-corrected chi connectivity index (χ3v) is 6.71. The monoisotopic (exact) mass is 523 g/mol. The summed E-state index contributed by atoms with van der Waals surface area (Å²) < 4.78 is 22.6. The van der Waals surface area contributed by atoms with Gasteiger partial charge in [-0.1, -0.05) is 42.5 Å². The quantitative estimate of drug-likeness (QED) is 0.201. The topological polar surface area (TPSA) is 98.4 Å². The van der Waals surface area contributed by atoms with Crippen molar-refractivity contribution in [1.82, 2.24) is 4.90 Å². The van der Waals surface area contributed by atoms with Gasteiger partial charge in [0.2, 0.25) is 0 Å². The first kappa shape index (κ1) is 24.4. The Bertz CT molecular complexity index is 1530. The Morgan fingerprint density at radius 3 is 2.41 bits per heavy atom. The zero-order chi connectivity index (χ0) is 26.8. The molecule has 2 aliphatic heterocycles. The Kier molecular flexibility index (Phi) is 6.50. The number of aliphatic hydroxyl groups excluding tert-OH is 1. The van der Waals surface area contributed by atoms with Crippen molar-refractivity contribution in [2.75, 3.05) is 13.2 Å². The van der Waals surface area contributed by atoms with Crippen LogP contribution in [0.25, 0.3) is 5.76 Å². The number of Topliss-reactive ketones (excluding diaryl/α,β-unsaturated/α-hetero) is 1. The molecular formula is C31H25NO7. The summed E-state index contributed by atoms with van der Waals surface area (Å²) in [5, 5.41) is 11.4. The third-order valence-electron chi connectivity index (χ3n) is 6.71. The highest BCUT2D eigenvalue weighted by Crippen LogP contribution is 2.42. The van der Waals surface area contributed by atoms with Crippen LogP contribution in [-0.2, 0) is 22.7 Å². The van der Waals surface area contributed by atoms with E-state index < -0.39 is 17.7 Å².